The van der Waals surface area contributed by atoms with E-state index in [2.05, 4.69) is 50.0 Å². The second-order valence-electron chi connectivity index (χ2n) is 9.92. The molecule has 3 aliphatic rings. The maximum absolute atomic E-state index is 13.8. The van der Waals surface area contributed by atoms with Crippen molar-refractivity contribution >= 4 is 46.0 Å². The highest BCUT2D eigenvalue weighted by atomic mass is 35.5. The number of piperazine rings is 1. The summed E-state index contributed by atoms with van der Waals surface area (Å²) in [7, 11) is 0. The van der Waals surface area contributed by atoms with Crippen molar-refractivity contribution in [2.24, 2.45) is 10.9 Å². The second kappa shape index (κ2) is 9.81. The van der Waals surface area contributed by atoms with Crippen molar-refractivity contribution in [3.63, 3.8) is 0 Å². The molecule has 1 N–H and O–H groups in total. The van der Waals surface area contributed by atoms with Gasteiger partial charge in [-0.2, -0.15) is 0 Å². The van der Waals surface area contributed by atoms with Gasteiger partial charge in [-0.3, -0.25) is 9.79 Å². The maximum Gasteiger partial charge on any atom is 0.262 e. The van der Waals surface area contributed by atoms with Gasteiger partial charge in [0.25, 0.3) is 5.91 Å². The number of thioether (sulfide) groups is 1. The largest absolute Gasteiger partial charge is 0.335 e. The molecule has 5 nitrogen and oxygen atoms in total. The lowest BCUT2D eigenvalue weighted by Gasteiger charge is -2.36. The Morgan fingerprint density at radius 2 is 1.51 bits per heavy atom. The Hall–Kier alpha value is -1.99. The van der Waals surface area contributed by atoms with E-state index >= 15 is 0 Å². The van der Waals surface area contributed by atoms with Crippen LogP contribution in [0.2, 0.25) is 10.0 Å². The molecule has 2 aromatic carbocycles. The number of carbonyl (C=O) groups excluding carboxylic acids is 1. The lowest BCUT2D eigenvalue weighted by molar-refractivity contribution is -0.128. The van der Waals surface area contributed by atoms with Crippen molar-refractivity contribution in [1.29, 1.82) is 0 Å². The third-order valence-corrected chi connectivity index (χ3v) is 8.30. The number of hydrogen-bond donors (Lipinski definition) is 1. The van der Waals surface area contributed by atoms with Crippen LogP contribution in [0, 0.1) is 5.92 Å². The van der Waals surface area contributed by atoms with Gasteiger partial charge in [0.2, 0.25) is 0 Å². The molecule has 3 heterocycles. The van der Waals surface area contributed by atoms with Crippen molar-refractivity contribution in [3.05, 3.63) is 80.3 Å². The highest BCUT2D eigenvalue weighted by Crippen LogP contribution is 2.53. The number of halogens is 2. The van der Waals surface area contributed by atoms with Crippen molar-refractivity contribution in [2.75, 3.05) is 13.1 Å². The fourth-order valence-corrected chi connectivity index (χ4v) is 6.90. The fraction of sp³-hybridized carbons (Fsp3) is 0.407. The van der Waals surface area contributed by atoms with Crippen molar-refractivity contribution < 1.29 is 4.79 Å². The lowest BCUT2D eigenvalue weighted by Crippen LogP contribution is -2.56. The standard InChI is InChI=1S/C27H30Cl2N4OS/c1-15(2)23-25(26(34)32-13-16(3)30-17(4)14-32)35-27-31-22(18-5-9-20(28)10-6-18)24(33(23)27)19-7-11-21(29)12-8-19/h5-12,15-17,22,24,30H,13-14H2,1-4H3/t16-,17+,22-,24-/m0/s1. The fourth-order valence-electron chi connectivity index (χ4n) is 5.33. The predicted octanol–water partition coefficient (Wildman–Crippen LogP) is 6.27. The number of amidine groups is 1. The van der Waals surface area contributed by atoms with Gasteiger partial charge in [0, 0.05) is 40.9 Å². The molecule has 0 radical (unpaired) electrons. The molecule has 0 spiro atoms. The van der Waals surface area contributed by atoms with Gasteiger partial charge in [-0.15, -0.1) is 0 Å². The van der Waals surface area contributed by atoms with E-state index in [9.17, 15) is 4.79 Å². The van der Waals surface area contributed by atoms with Crippen LogP contribution in [0.1, 0.15) is 50.9 Å². The molecule has 1 fully saturated rings. The number of benzene rings is 2. The van der Waals surface area contributed by atoms with Gasteiger partial charge >= 0.3 is 0 Å². The number of fused-ring (bicyclic) bond motifs is 1. The zero-order valence-electron chi connectivity index (χ0n) is 20.3. The first kappa shape index (κ1) is 24.7. The van der Waals surface area contributed by atoms with Crippen LogP contribution in [-0.4, -0.2) is 46.0 Å². The van der Waals surface area contributed by atoms with E-state index in [4.69, 9.17) is 28.2 Å². The van der Waals surface area contributed by atoms with Crippen LogP contribution in [0.25, 0.3) is 0 Å². The van der Waals surface area contributed by atoms with Gasteiger partial charge in [0.15, 0.2) is 5.17 Å². The van der Waals surface area contributed by atoms with Crippen molar-refractivity contribution in [2.45, 2.75) is 51.9 Å². The summed E-state index contributed by atoms with van der Waals surface area (Å²) in [6.07, 6.45) is 0. The van der Waals surface area contributed by atoms with Gasteiger partial charge in [0.1, 0.15) is 10.9 Å². The maximum atomic E-state index is 13.8. The van der Waals surface area contributed by atoms with Crippen LogP contribution in [0.4, 0.5) is 0 Å². The molecule has 184 valence electrons. The summed E-state index contributed by atoms with van der Waals surface area (Å²) < 4.78 is 0. The van der Waals surface area contributed by atoms with E-state index in [-0.39, 0.29) is 36.0 Å². The van der Waals surface area contributed by atoms with Crippen LogP contribution in [0.3, 0.4) is 0 Å². The van der Waals surface area contributed by atoms with E-state index in [1.54, 1.807) is 0 Å². The number of amides is 1. The van der Waals surface area contributed by atoms with Gasteiger partial charge in [-0.05, 0) is 66.9 Å². The van der Waals surface area contributed by atoms with Gasteiger partial charge in [0.05, 0.1) is 6.04 Å². The Bertz CT molecular complexity index is 1170. The minimum atomic E-state index is -0.111. The first-order valence-corrected chi connectivity index (χ1v) is 13.7. The lowest BCUT2D eigenvalue weighted by atomic mass is 9.92. The highest BCUT2D eigenvalue weighted by Gasteiger charge is 2.47. The number of allylic oxidation sites excluding steroid dienone is 1. The highest BCUT2D eigenvalue weighted by molar-refractivity contribution is 8.18. The molecule has 0 bridgehead atoms. The van der Waals surface area contributed by atoms with E-state index < -0.39 is 0 Å². The third-order valence-electron chi connectivity index (χ3n) is 6.73. The normalized spacial score (nSPS) is 26.4. The molecule has 3 aliphatic heterocycles. The molecule has 1 saturated heterocycles. The van der Waals surface area contributed by atoms with Gasteiger partial charge in [-0.1, -0.05) is 61.3 Å². The number of rotatable bonds is 4. The number of nitrogens with one attached hydrogen (secondary N) is 1. The van der Waals surface area contributed by atoms with Crippen LogP contribution >= 0.6 is 35.0 Å². The van der Waals surface area contributed by atoms with E-state index in [1.165, 1.54) is 11.8 Å². The number of hydrogen-bond acceptors (Lipinski definition) is 5. The second-order valence-corrected chi connectivity index (χ2v) is 11.8. The Labute approximate surface area is 221 Å². The third kappa shape index (κ3) is 4.74. The molecule has 0 aromatic heterocycles. The van der Waals surface area contributed by atoms with Crippen molar-refractivity contribution in [3.8, 4) is 0 Å². The van der Waals surface area contributed by atoms with E-state index in [1.807, 2.05) is 41.3 Å². The topological polar surface area (TPSA) is 47.9 Å². The Morgan fingerprint density at radius 1 is 0.971 bits per heavy atom. The summed E-state index contributed by atoms with van der Waals surface area (Å²) in [5.41, 5.74) is 3.26. The number of nitrogens with zero attached hydrogens (tertiary/aromatic N) is 3. The smallest absolute Gasteiger partial charge is 0.262 e. The van der Waals surface area contributed by atoms with Crippen molar-refractivity contribution in [1.82, 2.24) is 15.1 Å². The summed E-state index contributed by atoms with van der Waals surface area (Å²) >= 11 is 13.9. The Balaban J connectivity index is 1.57. The SMILES string of the molecule is CC(C)C1=C(C(=O)N2C[C@@H](C)N[C@@H](C)C2)SC2=N[C@@H](c3ccc(Cl)cc3)[C@H](c3ccc(Cl)cc3)N21. The summed E-state index contributed by atoms with van der Waals surface area (Å²) in [6.45, 7) is 9.99. The first-order chi connectivity index (χ1) is 16.7. The van der Waals surface area contributed by atoms with Crippen LogP contribution in [0.15, 0.2) is 64.1 Å². The minimum Gasteiger partial charge on any atom is -0.335 e. The molecule has 8 heteroatoms. The molecule has 4 atom stereocenters. The van der Waals surface area contributed by atoms with Gasteiger partial charge < -0.3 is 15.1 Å². The molecular formula is C27H30Cl2N4OS. The molecule has 0 aliphatic carbocycles. The minimum absolute atomic E-state index is 0.0699. The summed E-state index contributed by atoms with van der Waals surface area (Å²) in [4.78, 5) is 24.1. The summed E-state index contributed by atoms with van der Waals surface area (Å²) in [5, 5.41) is 5.80. The summed E-state index contributed by atoms with van der Waals surface area (Å²) in [5.74, 6) is 0.263. The Kier molecular flexibility index (Phi) is 6.92. The van der Waals surface area contributed by atoms with Crippen LogP contribution in [0.5, 0.6) is 0 Å². The average Bonchev–Trinajstić information content (AvgIpc) is 3.35. The first-order valence-electron chi connectivity index (χ1n) is 12.1. The zero-order valence-corrected chi connectivity index (χ0v) is 22.7. The molecule has 35 heavy (non-hydrogen) atoms. The van der Waals surface area contributed by atoms with E-state index in [0.717, 1.165) is 26.9 Å². The quantitative estimate of drug-likeness (QED) is 0.507. The molecule has 0 unspecified atom stereocenters. The monoisotopic (exact) mass is 528 g/mol. The molecule has 2 aromatic rings. The Morgan fingerprint density at radius 3 is 2.06 bits per heavy atom. The van der Waals surface area contributed by atoms with Crippen LogP contribution < -0.4 is 5.32 Å². The molecular weight excluding hydrogens is 499 g/mol. The summed E-state index contributed by atoms with van der Waals surface area (Å²) in [6, 6.07) is 16.2. The average molecular weight is 530 g/mol. The number of carbonyl (C=O) groups is 1. The number of aliphatic imine (C=N–C) groups is 1. The van der Waals surface area contributed by atoms with Crippen LogP contribution in [-0.2, 0) is 4.79 Å². The molecule has 0 saturated carbocycles. The predicted molar refractivity (Wildman–Crippen MR) is 146 cm³/mol. The van der Waals surface area contributed by atoms with Gasteiger partial charge in [-0.25, -0.2) is 0 Å². The molecule has 5 rings (SSSR count). The van der Waals surface area contributed by atoms with E-state index in [0.29, 0.717) is 23.1 Å². The zero-order chi connectivity index (χ0) is 24.9. The molecule has 1 amide bonds.